The highest BCUT2D eigenvalue weighted by atomic mass is 127. The van der Waals surface area contributed by atoms with Crippen LogP contribution in [0.1, 0.15) is 33.6 Å². The third-order valence-corrected chi connectivity index (χ3v) is 8.18. The van der Waals surface area contributed by atoms with E-state index in [0.29, 0.717) is 12.1 Å². The lowest BCUT2D eigenvalue weighted by atomic mass is 10.00. The summed E-state index contributed by atoms with van der Waals surface area (Å²) in [6.45, 7) is 5.23. The van der Waals surface area contributed by atoms with Crippen LogP contribution in [0.5, 0.6) is 0 Å². The molecule has 1 unspecified atom stereocenters. The number of sulfonamides is 1. The highest BCUT2D eigenvalue weighted by molar-refractivity contribution is 14.1. The maximum atomic E-state index is 13.5. The molecule has 2 aromatic carbocycles. The molecule has 1 atom stereocenters. The van der Waals surface area contributed by atoms with E-state index in [1.807, 2.05) is 6.92 Å². The van der Waals surface area contributed by atoms with Gasteiger partial charge in [-0.25, -0.2) is 17.7 Å². The number of imide groups is 1. The van der Waals surface area contributed by atoms with Crippen molar-refractivity contribution >= 4 is 50.1 Å². The van der Waals surface area contributed by atoms with E-state index in [-0.39, 0.29) is 11.3 Å². The van der Waals surface area contributed by atoms with Gasteiger partial charge in [-0.3, -0.25) is 9.59 Å². The molecular weight excluding hydrogens is 522 g/mol. The average Bonchev–Trinajstić information content (AvgIpc) is 2.96. The molecular formula is C21H22FIN2O4S. The molecule has 160 valence electrons. The number of amides is 2. The molecule has 1 heterocycles. The normalized spacial score (nSPS) is 17.8. The van der Waals surface area contributed by atoms with Gasteiger partial charge in [-0.2, -0.15) is 4.31 Å². The zero-order chi connectivity index (χ0) is 22.3. The van der Waals surface area contributed by atoms with Gasteiger partial charge in [0.1, 0.15) is 11.9 Å². The Hall–Kier alpha value is -1.85. The van der Waals surface area contributed by atoms with Crippen molar-refractivity contribution in [2.24, 2.45) is 0 Å². The summed E-state index contributed by atoms with van der Waals surface area (Å²) in [7, 11) is -4.17. The fourth-order valence-corrected chi connectivity index (χ4v) is 5.80. The van der Waals surface area contributed by atoms with E-state index in [9.17, 15) is 22.4 Å². The quantitative estimate of drug-likeness (QED) is 0.408. The van der Waals surface area contributed by atoms with Crippen LogP contribution in [0.3, 0.4) is 0 Å². The summed E-state index contributed by atoms with van der Waals surface area (Å²) in [4.78, 5) is 26.9. The van der Waals surface area contributed by atoms with Gasteiger partial charge in [0.25, 0.3) is 5.91 Å². The maximum absolute atomic E-state index is 13.5. The monoisotopic (exact) mass is 544 g/mol. The van der Waals surface area contributed by atoms with Gasteiger partial charge in [-0.05, 0) is 91.4 Å². The molecule has 2 amide bonds. The zero-order valence-corrected chi connectivity index (χ0v) is 19.8. The van der Waals surface area contributed by atoms with Gasteiger partial charge in [-0.1, -0.05) is 6.92 Å². The van der Waals surface area contributed by atoms with Crippen LogP contribution in [-0.4, -0.2) is 36.1 Å². The molecule has 1 aliphatic rings. The number of carbonyl (C=O) groups is 2. The van der Waals surface area contributed by atoms with Gasteiger partial charge < -0.3 is 0 Å². The minimum Gasteiger partial charge on any atom is -0.274 e. The van der Waals surface area contributed by atoms with Gasteiger partial charge in [-0.15, -0.1) is 0 Å². The van der Waals surface area contributed by atoms with E-state index in [4.69, 9.17) is 0 Å². The molecule has 0 aromatic heterocycles. The number of rotatable bonds is 6. The molecule has 0 N–H and O–H groups in total. The Balaban J connectivity index is 2.07. The minimum atomic E-state index is -4.17. The SMILES string of the molecule is CCC(C)(C)N(C1CC(=O)N(c2ccc(I)cc2)C1=O)S(=O)(=O)c1ccc(F)cc1. The van der Waals surface area contributed by atoms with E-state index in [0.717, 1.165) is 24.9 Å². The number of carbonyl (C=O) groups excluding carboxylic acids is 2. The molecule has 0 saturated carbocycles. The van der Waals surface area contributed by atoms with Crippen LogP contribution in [0.25, 0.3) is 0 Å². The summed E-state index contributed by atoms with van der Waals surface area (Å²) in [6, 6.07) is 10.1. The van der Waals surface area contributed by atoms with Crippen LogP contribution in [0, 0.1) is 9.39 Å². The fraction of sp³-hybridized carbons (Fsp3) is 0.333. The van der Waals surface area contributed by atoms with Crippen molar-refractivity contribution in [3.05, 3.63) is 57.9 Å². The lowest BCUT2D eigenvalue weighted by molar-refractivity contribution is -0.122. The zero-order valence-electron chi connectivity index (χ0n) is 16.8. The number of anilines is 1. The van der Waals surface area contributed by atoms with Crippen LogP contribution in [-0.2, 0) is 19.6 Å². The second kappa shape index (κ2) is 8.35. The molecule has 9 heteroatoms. The Labute approximate surface area is 189 Å². The fourth-order valence-electron chi connectivity index (χ4n) is 3.45. The van der Waals surface area contributed by atoms with E-state index < -0.39 is 39.2 Å². The van der Waals surface area contributed by atoms with Crippen molar-refractivity contribution in [3.8, 4) is 0 Å². The van der Waals surface area contributed by atoms with Crippen molar-refractivity contribution in [1.29, 1.82) is 0 Å². The molecule has 6 nitrogen and oxygen atoms in total. The first-order chi connectivity index (χ1) is 14.0. The van der Waals surface area contributed by atoms with Crippen LogP contribution < -0.4 is 4.90 Å². The van der Waals surface area contributed by atoms with Crippen molar-refractivity contribution in [2.75, 3.05) is 4.90 Å². The van der Waals surface area contributed by atoms with Crippen molar-refractivity contribution in [1.82, 2.24) is 4.31 Å². The number of nitrogens with zero attached hydrogens (tertiary/aromatic N) is 2. The predicted molar refractivity (Wildman–Crippen MR) is 120 cm³/mol. The summed E-state index contributed by atoms with van der Waals surface area (Å²) in [6.07, 6.45) is 0.156. The first kappa shape index (κ1) is 22.8. The van der Waals surface area contributed by atoms with Crippen LogP contribution in [0.2, 0.25) is 0 Å². The lowest BCUT2D eigenvalue weighted by Gasteiger charge is -2.39. The third-order valence-electron chi connectivity index (χ3n) is 5.32. The molecule has 2 aromatic rings. The number of halogens is 2. The Morgan fingerprint density at radius 2 is 1.67 bits per heavy atom. The van der Waals surface area contributed by atoms with Crippen molar-refractivity contribution in [2.45, 2.75) is 50.1 Å². The topological polar surface area (TPSA) is 74.8 Å². The number of hydrogen-bond acceptors (Lipinski definition) is 4. The third kappa shape index (κ3) is 4.15. The summed E-state index contributed by atoms with van der Waals surface area (Å²) in [5.74, 6) is -1.61. The second-order valence-corrected chi connectivity index (χ2v) is 10.7. The molecule has 1 aliphatic heterocycles. The Kier molecular flexibility index (Phi) is 6.35. The van der Waals surface area contributed by atoms with Gasteiger partial charge in [0.15, 0.2) is 0 Å². The molecule has 0 aliphatic carbocycles. The molecule has 0 radical (unpaired) electrons. The minimum absolute atomic E-state index is 0.126. The van der Waals surface area contributed by atoms with Gasteiger partial charge in [0.05, 0.1) is 17.0 Å². The maximum Gasteiger partial charge on any atom is 0.252 e. The van der Waals surface area contributed by atoms with Gasteiger partial charge in [0, 0.05) is 9.11 Å². The molecule has 3 rings (SSSR count). The highest BCUT2D eigenvalue weighted by Crippen LogP contribution is 2.35. The summed E-state index contributed by atoms with van der Waals surface area (Å²) < 4.78 is 42.4. The van der Waals surface area contributed by atoms with Crippen LogP contribution in [0.15, 0.2) is 53.4 Å². The number of hydrogen-bond donors (Lipinski definition) is 0. The first-order valence-electron chi connectivity index (χ1n) is 9.41. The molecule has 0 bridgehead atoms. The smallest absolute Gasteiger partial charge is 0.252 e. The van der Waals surface area contributed by atoms with Crippen LogP contribution in [0.4, 0.5) is 10.1 Å². The van der Waals surface area contributed by atoms with Gasteiger partial charge >= 0.3 is 0 Å². The average molecular weight is 544 g/mol. The largest absolute Gasteiger partial charge is 0.274 e. The molecule has 0 spiro atoms. The lowest BCUT2D eigenvalue weighted by Crippen LogP contribution is -2.55. The predicted octanol–water partition coefficient (Wildman–Crippen LogP) is 3.94. The van der Waals surface area contributed by atoms with E-state index in [1.165, 1.54) is 12.1 Å². The Bertz CT molecular complexity index is 1070. The molecule has 1 saturated heterocycles. The second-order valence-electron chi connectivity index (χ2n) is 7.68. The molecule has 30 heavy (non-hydrogen) atoms. The summed E-state index contributed by atoms with van der Waals surface area (Å²) in [5.41, 5.74) is -0.544. The standard InChI is InChI=1S/C21H22FIN2O4S/c1-4-21(2,3)25(30(28,29)17-11-5-14(22)6-12-17)18-13-19(26)24(20(18)27)16-9-7-15(23)8-10-16/h5-12,18H,4,13H2,1-3H3. The van der Waals surface area contributed by atoms with Crippen molar-refractivity contribution < 1.29 is 22.4 Å². The number of benzene rings is 2. The summed E-state index contributed by atoms with van der Waals surface area (Å²) >= 11 is 2.12. The summed E-state index contributed by atoms with van der Waals surface area (Å²) in [5, 5.41) is 0. The van der Waals surface area contributed by atoms with Gasteiger partial charge in [0.2, 0.25) is 15.9 Å². The highest BCUT2D eigenvalue weighted by Gasteiger charge is 2.51. The Morgan fingerprint density at radius 1 is 1.10 bits per heavy atom. The van der Waals surface area contributed by atoms with Crippen LogP contribution >= 0.6 is 22.6 Å². The molecule has 1 fully saturated rings. The van der Waals surface area contributed by atoms with E-state index in [2.05, 4.69) is 22.6 Å². The first-order valence-corrected chi connectivity index (χ1v) is 11.9. The van der Waals surface area contributed by atoms with E-state index in [1.54, 1.807) is 38.1 Å². The Morgan fingerprint density at radius 3 is 2.20 bits per heavy atom. The van der Waals surface area contributed by atoms with Crippen molar-refractivity contribution in [3.63, 3.8) is 0 Å². The van der Waals surface area contributed by atoms with E-state index >= 15 is 0 Å².